The molecule has 94 valence electrons. The average Bonchev–Trinajstić information content (AvgIpc) is 2.73. The number of rotatable bonds is 5. The molecule has 16 heavy (non-hydrogen) atoms. The molecule has 2 unspecified atom stereocenters. The standard InChI is InChI=1S/C12H22BrNO2/c1-4-12(5-2,8-13)14-11(15)10-6-9(3)16-7-10/h9-10H,4-8H2,1-3H3,(H,14,15). The van der Waals surface area contributed by atoms with E-state index in [2.05, 4.69) is 35.1 Å². The van der Waals surface area contributed by atoms with Gasteiger partial charge in [0, 0.05) is 10.9 Å². The molecule has 1 amide bonds. The van der Waals surface area contributed by atoms with Crippen molar-refractivity contribution in [3.8, 4) is 0 Å². The van der Waals surface area contributed by atoms with E-state index in [1.54, 1.807) is 0 Å². The third kappa shape index (κ3) is 3.20. The van der Waals surface area contributed by atoms with Gasteiger partial charge in [0.15, 0.2) is 0 Å². The molecule has 1 rings (SSSR count). The van der Waals surface area contributed by atoms with Crippen LogP contribution in [0.2, 0.25) is 0 Å². The summed E-state index contributed by atoms with van der Waals surface area (Å²) >= 11 is 3.50. The van der Waals surface area contributed by atoms with Crippen LogP contribution in [0.25, 0.3) is 0 Å². The Bertz CT molecular complexity index is 233. The van der Waals surface area contributed by atoms with E-state index in [1.165, 1.54) is 0 Å². The summed E-state index contributed by atoms with van der Waals surface area (Å²) in [6.45, 7) is 6.81. The third-order valence-corrected chi connectivity index (χ3v) is 4.64. The zero-order chi connectivity index (χ0) is 12.2. The second-order valence-corrected chi connectivity index (χ2v) is 5.25. The zero-order valence-electron chi connectivity index (χ0n) is 10.4. The van der Waals surface area contributed by atoms with Crippen LogP contribution in [-0.4, -0.2) is 29.5 Å². The average molecular weight is 292 g/mol. The number of amides is 1. The lowest BCUT2D eigenvalue weighted by Gasteiger charge is -2.32. The van der Waals surface area contributed by atoms with Crippen LogP contribution < -0.4 is 5.32 Å². The van der Waals surface area contributed by atoms with Crippen molar-refractivity contribution in [1.29, 1.82) is 0 Å². The van der Waals surface area contributed by atoms with Crippen molar-refractivity contribution >= 4 is 21.8 Å². The van der Waals surface area contributed by atoms with Gasteiger partial charge in [-0.2, -0.15) is 0 Å². The second kappa shape index (κ2) is 6.01. The molecule has 1 aliphatic heterocycles. The smallest absolute Gasteiger partial charge is 0.225 e. The maximum Gasteiger partial charge on any atom is 0.225 e. The van der Waals surface area contributed by atoms with E-state index in [0.29, 0.717) is 6.61 Å². The first kappa shape index (κ1) is 14.0. The van der Waals surface area contributed by atoms with E-state index in [1.807, 2.05) is 6.92 Å². The quantitative estimate of drug-likeness (QED) is 0.791. The Morgan fingerprint density at radius 3 is 2.50 bits per heavy atom. The summed E-state index contributed by atoms with van der Waals surface area (Å²) in [5, 5.41) is 3.98. The molecule has 1 aliphatic rings. The lowest BCUT2D eigenvalue weighted by atomic mass is 9.94. The number of hydrogen-bond acceptors (Lipinski definition) is 2. The SMILES string of the molecule is CCC(CC)(CBr)NC(=O)C1COC(C)C1. The Hall–Kier alpha value is -0.0900. The largest absolute Gasteiger partial charge is 0.378 e. The third-order valence-electron chi connectivity index (χ3n) is 3.57. The molecule has 1 saturated heterocycles. The van der Waals surface area contributed by atoms with Crippen molar-refractivity contribution in [2.24, 2.45) is 5.92 Å². The molecular formula is C12H22BrNO2. The van der Waals surface area contributed by atoms with Crippen LogP contribution in [0, 0.1) is 5.92 Å². The fourth-order valence-corrected chi connectivity index (χ4v) is 2.95. The summed E-state index contributed by atoms with van der Waals surface area (Å²) < 4.78 is 5.43. The highest BCUT2D eigenvalue weighted by Crippen LogP contribution is 2.23. The summed E-state index contributed by atoms with van der Waals surface area (Å²) in [6, 6.07) is 0. The van der Waals surface area contributed by atoms with Gasteiger partial charge in [0.05, 0.1) is 18.6 Å². The second-order valence-electron chi connectivity index (χ2n) is 4.69. The first-order chi connectivity index (χ1) is 7.56. The van der Waals surface area contributed by atoms with Crippen molar-refractivity contribution in [3.05, 3.63) is 0 Å². The van der Waals surface area contributed by atoms with E-state index in [4.69, 9.17) is 4.74 Å². The van der Waals surface area contributed by atoms with Crippen molar-refractivity contribution in [3.63, 3.8) is 0 Å². The minimum atomic E-state index is -0.0943. The zero-order valence-corrected chi connectivity index (χ0v) is 12.0. The van der Waals surface area contributed by atoms with Gasteiger partial charge >= 0.3 is 0 Å². The Morgan fingerprint density at radius 1 is 1.50 bits per heavy atom. The van der Waals surface area contributed by atoms with Crippen LogP contribution in [0.15, 0.2) is 0 Å². The van der Waals surface area contributed by atoms with Gasteiger partial charge in [-0.15, -0.1) is 0 Å². The monoisotopic (exact) mass is 291 g/mol. The minimum absolute atomic E-state index is 0.0338. The molecule has 1 heterocycles. The fourth-order valence-electron chi connectivity index (χ4n) is 2.01. The number of ether oxygens (including phenoxy) is 1. The number of carbonyl (C=O) groups is 1. The summed E-state index contributed by atoms with van der Waals surface area (Å²) in [5.74, 6) is 0.180. The Morgan fingerprint density at radius 2 is 2.12 bits per heavy atom. The predicted octanol–water partition coefficient (Wildman–Crippen LogP) is 2.48. The van der Waals surface area contributed by atoms with Crippen molar-refractivity contribution in [2.45, 2.75) is 51.7 Å². The molecule has 3 nitrogen and oxygen atoms in total. The molecule has 0 bridgehead atoms. The van der Waals surface area contributed by atoms with Crippen LogP contribution in [-0.2, 0) is 9.53 Å². The molecule has 0 aromatic heterocycles. The van der Waals surface area contributed by atoms with Crippen molar-refractivity contribution in [2.75, 3.05) is 11.9 Å². The number of nitrogens with one attached hydrogen (secondary N) is 1. The molecule has 1 N–H and O–H groups in total. The molecule has 4 heteroatoms. The predicted molar refractivity (Wildman–Crippen MR) is 68.8 cm³/mol. The van der Waals surface area contributed by atoms with Gasteiger partial charge < -0.3 is 10.1 Å². The topological polar surface area (TPSA) is 38.3 Å². The molecule has 1 fully saturated rings. The van der Waals surface area contributed by atoms with Crippen molar-refractivity contribution < 1.29 is 9.53 Å². The molecule has 0 aliphatic carbocycles. The van der Waals surface area contributed by atoms with Gasteiger partial charge in [0.2, 0.25) is 5.91 Å². The molecule has 0 aromatic rings. The van der Waals surface area contributed by atoms with Crippen LogP contribution >= 0.6 is 15.9 Å². The van der Waals surface area contributed by atoms with E-state index < -0.39 is 0 Å². The highest BCUT2D eigenvalue weighted by atomic mass is 79.9. The fraction of sp³-hybridized carbons (Fsp3) is 0.917. The Balaban J connectivity index is 2.55. The van der Waals surface area contributed by atoms with Crippen LogP contribution in [0.1, 0.15) is 40.0 Å². The van der Waals surface area contributed by atoms with Crippen LogP contribution in [0.4, 0.5) is 0 Å². The summed E-state index contributed by atoms with van der Waals surface area (Å²) in [4.78, 5) is 12.1. The maximum absolute atomic E-state index is 12.1. The molecule has 2 atom stereocenters. The highest BCUT2D eigenvalue weighted by molar-refractivity contribution is 9.09. The van der Waals surface area contributed by atoms with Gasteiger partial charge in [-0.25, -0.2) is 0 Å². The highest BCUT2D eigenvalue weighted by Gasteiger charge is 2.33. The van der Waals surface area contributed by atoms with E-state index >= 15 is 0 Å². The first-order valence-electron chi connectivity index (χ1n) is 6.06. The molecule has 0 saturated carbocycles. The molecule has 0 aromatic carbocycles. The van der Waals surface area contributed by atoms with Crippen LogP contribution in [0.3, 0.4) is 0 Å². The van der Waals surface area contributed by atoms with Gasteiger partial charge in [0.25, 0.3) is 0 Å². The molecular weight excluding hydrogens is 270 g/mol. The molecule has 0 radical (unpaired) electrons. The van der Waals surface area contributed by atoms with Gasteiger partial charge in [0.1, 0.15) is 0 Å². The molecule has 0 spiro atoms. The van der Waals surface area contributed by atoms with Gasteiger partial charge in [-0.05, 0) is 26.2 Å². The Labute approximate surface area is 106 Å². The Kier molecular flexibility index (Phi) is 5.25. The first-order valence-corrected chi connectivity index (χ1v) is 7.18. The summed E-state index contributed by atoms with van der Waals surface area (Å²) in [5.41, 5.74) is -0.0943. The van der Waals surface area contributed by atoms with Crippen molar-refractivity contribution in [1.82, 2.24) is 5.32 Å². The van der Waals surface area contributed by atoms with E-state index in [-0.39, 0.29) is 23.5 Å². The maximum atomic E-state index is 12.1. The number of alkyl halides is 1. The number of hydrogen-bond donors (Lipinski definition) is 1. The lowest BCUT2D eigenvalue weighted by Crippen LogP contribution is -2.51. The summed E-state index contributed by atoms with van der Waals surface area (Å²) in [6.07, 6.45) is 2.96. The van der Waals surface area contributed by atoms with E-state index in [0.717, 1.165) is 24.6 Å². The van der Waals surface area contributed by atoms with Gasteiger partial charge in [-0.1, -0.05) is 29.8 Å². The minimum Gasteiger partial charge on any atom is -0.378 e. The van der Waals surface area contributed by atoms with E-state index in [9.17, 15) is 4.79 Å². The lowest BCUT2D eigenvalue weighted by molar-refractivity contribution is -0.126. The number of carbonyl (C=O) groups excluding carboxylic acids is 1. The van der Waals surface area contributed by atoms with Crippen LogP contribution in [0.5, 0.6) is 0 Å². The normalized spacial score (nSPS) is 25.8. The van der Waals surface area contributed by atoms with Gasteiger partial charge in [-0.3, -0.25) is 4.79 Å². The summed E-state index contributed by atoms with van der Waals surface area (Å²) in [7, 11) is 0. The number of halogens is 1.